The fraction of sp³-hybridized carbons (Fsp3) is 0.444. The monoisotopic (exact) mass is 242 g/mol. The molecule has 0 saturated heterocycles. The summed E-state index contributed by atoms with van der Waals surface area (Å²) in [5.41, 5.74) is 2.23. The van der Waals surface area contributed by atoms with Crippen molar-refractivity contribution in [3.05, 3.63) is 12.0 Å². The van der Waals surface area contributed by atoms with E-state index in [4.69, 9.17) is 5.84 Å². The third-order valence-corrected chi connectivity index (χ3v) is 2.17. The van der Waals surface area contributed by atoms with Crippen LogP contribution in [0.25, 0.3) is 0 Å². The second-order valence-electron chi connectivity index (χ2n) is 3.35. The topological polar surface area (TPSA) is 96.2 Å². The van der Waals surface area contributed by atoms with Crippen molar-refractivity contribution < 1.29 is 9.18 Å². The average Bonchev–Trinajstić information content (AvgIpc) is 2.36. The first-order valence-corrected chi connectivity index (χ1v) is 4.99. The van der Waals surface area contributed by atoms with Gasteiger partial charge in [0.05, 0.1) is 6.20 Å². The molecule has 17 heavy (non-hydrogen) atoms. The van der Waals surface area contributed by atoms with Gasteiger partial charge in [-0.1, -0.05) is 0 Å². The third kappa shape index (κ3) is 3.52. The van der Waals surface area contributed by atoms with Crippen LogP contribution in [0.5, 0.6) is 0 Å². The quantitative estimate of drug-likeness (QED) is 0.474. The molecule has 0 radical (unpaired) electrons. The molecule has 1 aromatic heterocycles. The van der Waals surface area contributed by atoms with Crippen molar-refractivity contribution in [2.24, 2.45) is 5.84 Å². The first kappa shape index (κ1) is 13.1. The molecule has 4 N–H and O–H groups in total. The number of aromatic nitrogens is 2. The summed E-state index contributed by atoms with van der Waals surface area (Å²) in [6.45, 7) is 0.345. The van der Waals surface area contributed by atoms with Crippen LogP contribution in [0.4, 0.5) is 16.2 Å². The maximum Gasteiger partial charge on any atom is 0.239 e. The Morgan fingerprint density at radius 1 is 1.65 bits per heavy atom. The molecule has 0 spiro atoms. The number of nitrogen functional groups attached to an aromatic ring is 1. The Morgan fingerprint density at radius 3 is 2.94 bits per heavy atom. The van der Waals surface area contributed by atoms with E-state index in [-0.39, 0.29) is 24.1 Å². The zero-order valence-corrected chi connectivity index (χ0v) is 9.70. The molecule has 0 saturated carbocycles. The van der Waals surface area contributed by atoms with E-state index in [0.29, 0.717) is 6.54 Å². The summed E-state index contributed by atoms with van der Waals surface area (Å²) in [4.78, 5) is 20.1. The number of nitrogens with two attached hydrogens (primary N) is 1. The number of carbonyl (C=O) groups is 1. The Hall–Kier alpha value is -1.96. The van der Waals surface area contributed by atoms with Crippen LogP contribution in [0.15, 0.2) is 6.20 Å². The van der Waals surface area contributed by atoms with Crippen molar-refractivity contribution in [2.75, 3.05) is 31.0 Å². The van der Waals surface area contributed by atoms with Crippen molar-refractivity contribution in [1.29, 1.82) is 0 Å². The highest BCUT2D eigenvalue weighted by Crippen LogP contribution is 2.15. The fourth-order valence-electron chi connectivity index (χ4n) is 1.20. The van der Waals surface area contributed by atoms with Gasteiger partial charge < -0.3 is 10.2 Å². The molecule has 7 nitrogen and oxygen atoms in total. The molecule has 0 aliphatic heterocycles. The van der Waals surface area contributed by atoms with Crippen LogP contribution in [0.2, 0.25) is 0 Å². The Bertz CT molecular complexity index is 399. The highest BCUT2D eigenvalue weighted by atomic mass is 19.1. The maximum absolute atomic E-state index is 13.4. The molecule has 0 bridgehead atoms. The summed E-state index contributed by atoms with van der Waals surface area (Å²) in [7, 11) is 3.18. The van der Waals surface area contributed by atoms with Crippen molar-refractivity contribution in [3.8, 4) is 0 Å². The predicted molar refractivity (Wildman–Crippen MR) is 61.8 cm³/mol. The number of nitrogens with zero attached hydrogens (tertiary/aromatic N) is 3. The number of hydrogen-bond donors (Lipinski definition) is 3. The molecule has 94 valence electrons. The summed E-state index contributed by atoms with van der Waals surface area (Å²) < 4.78 is 13.4. The lowest BCUT2D eigenvalue weighted by atomic mass is 10.3. The molecular formula is C9H15FN6O. The third-order valence-electron chi connectivity index (χ3n) is 2.17. The molecular weight excluding hydrogens is 227 g/mol. The molecule has 1 amide bonds. The van der Waals surface area contributed by atoms with E-state index in [0.717, 1.165) is 6.20 Å². The van der Waals surface area contributed by atoms with Gasteiger partial charge >= 0.3 is 0 Å². The first-order chi connectivity index (χ1) is 8.08. The minimum absolute atomic E-state index is 0.0943. The summed E-state index contributed by atoms with van der Waals surface area (Å²) in [6.07, 6.45) is 1.27. The van der Waals surface area contributed by atoms with E-state index in [2.05, 4.69) is 20.7 Å². The van der Waals surface area contributed by atoms with Crippen LogP contribution in [0, 0.1) is 5.82 Å². The summed E-state index contributed by atoms with van der Waals surface area (Å²) in [6, 6.07) is 0. The Labute approximate surface area is 98.2 Å². The average molecular weight is 242 g/mol. The first-order valence-electron chi connectivity index (χ1n) is 4.99. The van der Waals surface area contributed by atoms with Crippen molar-refractivity contribution in [1.82, 2.24) is 15.3 Å². The van der Waals surface area contributed by atoms with Gasteiger partial charge in [0.2, 0.25) is 11.9 Å². The Kier molecular flexibility index (Phi) is 4.58. The predicted octanol–water partition coefficient (Wildman–Crippen LogP) is -0.526. The Morgan fingerprint density at radius 2 is 2.35 bits per heavy atom. The van der Waals surface area contributed by atoms with E-state index in [1.165, 1.54) is 4.90 Å². The van der Waals surface area contributed by atoms with Gasteiger partial charge in [-0.25, -0.2) is 15.2 Å². The standard InChI is InChI=1S/C9H15FN6O/c1-12-7(17)3-4-16(2)8-6(10)5-13-9(14-8)15-11/h5H,3-4,11H2,1-2H3,(H,12,17)(H,13,14,15). The number of rotatable bonds is 5. The normalized spacial score (nSPS) is 9.88. The lowest BCUT2D eigenvalue weighted by Gasteiger charge is -2.18. The molecule has 0 aliphatic rings. The number of nitrogens with one attached hydrogen (secondary N) is 2. The van der Waals surface area contributed by atoms with Crippen LogP contribution in [-0.2, 0) is 4.79 Å². The second kappa shape index (κ2) is 5.94. The van der Waals surface area contributed by atoms with E-state index in [9.17, 15) is 9.18 Å². The van der Waals surface area contributed by atoms with Crippen LogP contribution in [-0.4, -0.2) is 36.5 Å². The zero-order chi connectivity index (χ0) is 12.8. The number of hydrazine groups is 1. The molecule has 0 aliphatic carbocycles. The minimum Gasteiger partial charge on any atom is -0.359 e. The van der Waals surface area contributed by atoms with Gasteiger partial charge in [-0.2, -0.15) is 4.98 Å². The highest BCUT2D eigenvalue weighted by Gasteiger charge is 2.12. The number of hydrogen-bond acceptors (Lipinski definition) is 6. The number of anilines is 2. The van der Waals surface area contributed by atoms with E-state index in [1.54, 1.807) is 14.1 Å². The summed E-state index contributed by atoms with van der Waals surface area (Å²) >= 11 is 0. The van der Waals surface area contributed by atoms with E-state index < -0.39 is 5.82 Å². The lowest BCUT2D eigenvalue weighted by Crippen LogP contribution is -2.28. The molecule has 0 fully saturated rings. The number of halogens is 1. The fourth-order valence-corrected chi connectivity index (χ4v) is 1.20. The SMILES string of the molecule is CNC(=O)CCN(C)c1nc(NN)ncc1F. The zero-order valence-electron chi connectivity index (χ0n) is 9.70. The van der Waals surface area contributed by atoms with Gasteiger partial charge in [0, 0.05) is 27.1 Å². The molecule has 1 rings (SSSR count). The molecule has 0 atom stereocenters. The smallest absolute Gasteiger partial charge is 0.239 e. The number of carbonyl (C=O) groups excluding carboxylic acids is 1. The molecule has 1 aromatic rings. The van der Waals surface area contributed by atoms with Gasteiger partial charge in [0.25, 0.3) is 0 Å². The molecule has 0 unspecified atom stereocenters. The Balaban J connectivity index is 2.73. The van der Waals surface area contributed by atoms with Gasteiger partial charge in [-0.05, 0) is 0 Å². The van der Waals surface area contributed by atoms with Gasteiger partial charge in [-0.3, -0.25) is 10.2 Å². The van der Waals surface area contributed by atoms with Crippen LogP contribution in [0.3, 0.4) is 0 Å². The van der Waals surface area contributed by atoms with Crippen molar-refractivity contribution in [3.63, 3.8) is 0 Å². The van der Waals surface area contributed by atoms with Gasteiger partial charge in [0.15, 0.2) is 11.6 Å². The van der Waals surface area contributed by atoms with E-state index >= 15 is 0 Å². The summed E-state index contributed by atoms with van der Waals surface area (Å²) in [5.74, 6) is 4.66. The largest absolute Gasteiger partial charge is 0.359 e. The highest BCUT2D eigenvalue weighted by molar-refractivity contribution is 5.76. The van der Waals surface area contributed by atoms with Gasteiger partial charge in [0.1, 0.15) is 0 Å². The second-order valence-corrected chi connectivity index (χ2v) is 3.35. The molecule has 1 heterocycles. The van der Waals surface area contributed by atoms with Gasteiger partial charge in [-0.15, -0.1) is 0 Å². The van der Waals surface area contributed by atoms with E-state index in [1.807, 2.05) is 0 Å². The van der Waals surface area contributed by atoms with Crippen molar-refractivity contribution in [2.45, 2.75) is 6.42 Å². The van der Waals surface area contributed by atoms with Crippen LogP contribution >= 0.6 is 0 Å². The maximum atomic E-state index is 13.4. The van der Waals surface area contributed by atoms with Crippen molar-refractivity contribution >= 4 is 17.7 Å². The van der Waals surface area contributed by atoms with Crippen LogP contribution < -0.4 is 21.5 Å². The van der Waals surface area contributed by atoms with Crippen LogP contribution in [0.1, 0.15) is 6.42 Å². The minimum atomic E-state index is -0.566. The summed E-state index contributed by atoms with van der Waals surface area (Å²) in [5, 5.41) is 2.48. The molecule has 0 aromatic carbocycles. The molecule has 8 heteroatoms. The number of amides is 1. The lowest BCUT2D eigenvalue weighted by molar-refractivity contribution is -0.120.